The highest BCUT2D eigenvalue weighted by Gasteiger charge is 2.31. The lowest BCUT2D eigenvalue weighted by Gasteiger charge is -2.15. The molecule has 1 heterocycles. The van der Waals surface area contributed by atoms with E-state index in [-0.39, 0.29) is 0 Å². The maximum Gasteiger partial charge on any atom is 0.315 e. The first-order valence-corrected chi connectivity index (χ1v) is 6.34. The number of carbonyl (C=O) groups is 1. The van der Waals surface area contributed by atoms with Crippen molar-refractivity contribution in [1.29, 1.82) is 0 Å². The lowest BCUT2D eigenvalue weighted by atomic mass is 9.90. The number of aliphatic carboxylic acids is 1. The summed E-state index contributed by atoms with van der Waals surface area (Å²) >= 11 is 0. The van der Waals surface area contributed by atoms with E-state index >= 15 is 0 Å². The molecule has 100 valence electrons. The Morgan fingerprint density at radius 1 is 1.26 bits per heavy atom. The van der Waals surface area contributed by atoms with Gasteiger partial charge in [0.1, 0.15) is 5.41 Å². The molecular weight excluding hydrogens is 240 g/mol. The zero-order valence-corrected chi connectivity index (χ0v) is 11.4. The highest BCUT2D eigenvalue weighted by molar-refractivity contribution is 5.79. The van der Waals surface area contributed by atoms with Crippen LogP contribution in [0, 0.1) is 0 Å². The number of nitrogens with zero attached hydrogens (tertiary/aromatic N) is 2. The molecule has 0 aliphatic heterocycles. The molecule has 4 nitrogen and oxygen atoms in total. The van der Waals surface area contributed by atoms with Crippen LogP contribution in [0.3, 0.4) is 0 Å². The van der Waals surface area contributed by atoms with Crippen LogP contribution in [0.2, 0.25) is 0 Å². The van der Waals surface area contributed by atoms with Crippen LogP contribution in [-0.4, -0.2) is 20.9 Å². The Labute approximate surface area is 112 Å². The molecule has 0 spiro atoms. The Hall–Kier alpha value is -2.10. The Bertz CT molecular complexity index is 582. The fourth-order valence-corrected chi connectivity index (χ4v) is 1.80. The largest absolute Gasteiger partial charge is 0.481 e. The third kappa shape index (κ3) is 2.52. The van der Waals surface area contributed by atoms with Crippen molar-refractivity contribution in [3.05, 3.63) is 47.8 Å². The Kier molecular flexibility index (Phi) is 3.42. The van der Waals surface area contributed by atoms with E-state index in [4.69, 9.17) is 0 Å². The average Bonchev–Trinajstić information content (AvgIpc) is 2.89. The molecule has 1 aromatic carbocycles. The molecule has 1 aromatic heterocycles. The maximum absolute atomic E-state index is 11.2. The van der Waals surface area contributed by atoms with Crippen molar-refractivity contribution < 1.29 is 9.90 Å². The summed E-state index contributed by atoms with van der Waals surface area (Å²) in [5, 5.41) is 13.6. The van der Waals surface area contributed by atoms with Gasteiger partial charge in [0.15, 0.2) is 0 Å². The van der Waals surface area contributed by atoms with Crippen LogP contribution in [0.4, 0.5) is 0 Å². The van der Waals surface area contributed by atoms with Gasteiger partial charge in [0.25, 0.3) is 0 Å². The minimum Gasteiger partial charge on any atom is -0.481 e. The fraction of sp³-hybridized carbons (Fsp3) is 0.333. The lowest BCUT2D eigenvalue weighted by molar-refractivity contribution is -0.142. The van der Waals surface area contributed by atoms with Crippen LogP contribution >= 0.6 is 0 Å². The molecule has 0 radical (unpaired) electrons. The van der Waals surface area contributed by atoms with E-state index in [1.54, 1.807) is 30.8 Å². The monoisotopic (exact) mass is 258 g/mol. The number of carboxylic acids is 1. The second-order valence-electron chi connectivity index (χ2n) is 5.10. The van der Waals surface area contributed by atoms with E-state index in [0.29, 0.717) is 5.69 Å². The number of aromatic nitrogens is 2. The maximum atomic E-state index is 11.2. The molecule has 4 heteroatoms. The molecule has 0 fully saturated rings. The summed E-state index contributed by atoms with van der Waals surface area (Å²) in [6, 6.07) is 9.84. The topological polar surface area (TPSA) is 55.1 Å². The summed E-state index contributed by atoms with van der Waals surface area (Å²) in [4.78, 5) is 11.2. The van der Waals surface area contributed by atoms with Gasteiger partial charge < -0.3 is 5.11 Å². The van der Waals surface area contributed by atoms with E-state index in [0.717, 1.165) is 12.1 Å². The normalized spacial score (nSPS) is 11.5. The summed E-state index contributed by atoms with van der Waals surface area (Å²) in [5.41, 5.74) is 1.78. The molecule has 0 aliphatic carbocycles. The van der Waals surface area contributed by atoms with Gasteiger partial charge >= 0.3 is 5.97 Å². The Balaban J connectivity index is 2.32. The van der Waals surface area contributed by atoms with Gasteiger partial charge in [0.2, 0.25) is 0 Å². The second-order valence-corrected chi connectivity index (χ2v) is 5.10. The van der Waals surface area contributed by atoms with Gasteiger partial charge in [0.05, 0.1) is 11.4 Å². The lowest BCUT2D eigenvalue weighted by Crippen LogP contribution is -2.29. The zero-order chi connectivity index (χ0) is 14.0. The van der Waals surface area contributed by atoms with Gasteiger partial charge in [-0.25, -0.2) is 4.68 Å². The fourth-order valence-electron chi connectivity index (χ4n) is 1.80. The number of carboxylic acid groups (broad SMARTS) is 1. The minimum absolute atomic E-state index is 0.555. The number of aryl methyl sites for hydroxylation is 1. The zero-order valence-electron chi connectivity index (χ0n) is 11.4. The number of hydrogen-bond donors (Lipinski definition) is 1. The van der Waals surface area contributed by atoms with Crippen LogP contribution in [0.25, 0.3) is 5.69 Å². The van der Waals surface area contributed by atoms with E-state index in [2.05, 4.69) is 24.2 Å². The summed E-state index contributed by atoms with van der Waals surface area (Å²) in [6.07, 6.45) is 2.79. The van der Waals surface area contributed by atoms with Crippen LogP contribution in [0.5, 0.6) is 0 Å². The van der Waals surface area contributed by atoms with Gasteiger partial charge in [-0.15, -0.1) is 0 Å². The van der Waals surface area contributed by atoms with Gasteiger partial charge in [-0.1, -0.05) is 19.1 Å². The molecule has 0 atom stereocenters. The Morgan fingerprint density at radius 3 is 2.42 bits per heavy atom. The first-order chi connectivity index (χ1) is 8.95. The molecule has 0 saturated heterocycles. The van der Waals surface area contributed by atoms with Gasteiger partial charge in [-0.2, -0.15) is 5.10 Å². The van der Waals surface area contributed by atoms with E-state index in [1.165, 1.54) is 5.56 Å². The summed E-state index contributed by atoms with van der Waals surface area (Å²) in [7, 11) is 0. The predicted octanol–water partition coefficient (Wildman–Crippen LogP) is 2.80. The molecule has 0 unspecified atom stereocenters. The molecule has 0 amide bonds. The molecule has 0 bridgehead atoms. The van der Waals surface area contributed by atoms with Gasteiger partial charge in [-0.05, 0) is 44.0 Å². The van der Waals surface area contributed by atoms with Crippen molar-refractivity contribution in [3.63, 3.8) is 0 Å². The first-order valence-electron chi connectivity index (χ1n) is 6.34. The van der Waals surface area contributed by atoms with Crippen molar-refractivity contribution in [2.45, 2.75) is 32.6 Å². The summed E-state index contributed by atoms with van der Waals surface area (Å²) in [5.74, 6) is -0.876. The van der Waals surface area contributed by atoms with Crippen LogP contribution in [0.15, 0.2) is 36.5 Å². The second kappa shape index (κ2) is 4.88. The molecule has 2 aromatic rings. The van der Waals surface area contributed by atoms with Crippen molar-refractivity contribution in [2.24, 2.45) is 0 Å². The van der Waals surface area contributed by atoms with Crippen LogP contribution in [-0.2, 0) is 16.6 Å². The Morgan fingerprint density at radius 2 is 1.89 bits per heavy atom. The SMILES string of the molecule is CCc1ccc(-n2ccc(C(C)(C)C(=O)O)n2)cc1. The molecular formula is C15H18N2O2. The van der Waals surface area contributed by atoms with Crippen LogP contribution < -0.4 is 0 Å². The van der Waals surface area contributed by atoms with Crippen molar-refractivity contribution in [1.82, 2.24) is 9.78 Å². The predicted molar refractivity (Wildman–Crippen MR) is 73.6 cm³/mol. The summed E-state index contributed by atoms with van der Waals surface area (Å²) in [6.45, 7) is 5.42. The molecule has 2 rings (SSSR count). The average molecular weight is 258 g/mol. The minimum atomic E-state index is -0.978. The highest BCUT2D eigenvalue weighted by atomic mass is 16.4. The highest BCUT2D eigenvalue weighted by Crippen LogP contribution is 2.22. The van der Waals surface area contributed by atoms with Crippen LogP contribution in [0.1, 0.15) is 32.0 Å². The van der Waals surface area contributed by atoms with Crippen molar-refractivity contribution in [2.75, 3.05) is 0 Å². The van der Waals surface area contributed by atoms with Crippen molar-refractivity contribution in [3.8, 4) is 5.69 Å². The quantitative estimate of drug-likeness (QED) is 0.917. The third-order valence-electron chi connectivity index (χ3n) is 3.37. The smallest absolute Gasteiger partial charge is 0.315 e. The standard InChI is InChI=1S/C15H18N2O2/c1-4-11-5-7-12(8-6-11)17-10-9-13(16-17)15(2,3)14(18)19/h5-10H,4H2,1-3H3,(H,18,19). The third-order valence-corrected chi connectivity index (χ3v) is 3.37. The molecule has 19 heavy (non-hydrogen) atoms. The van der Waals surface area contributed by atoms with Crippen molar-refractivity contribution >= 4 is 5.97 Å². The summed E-state index contributed by atoms with van der Waals surface area (Å²) < 4.78 is 1.71. The van der Waals surface area contributed by atoms with Gasteiger partial charge in [0, 0.05) is 6.20 Å². The number of hydrogen-bond acceptors (Lipinski definition) is 2. The molecule has 1 N–H and O–H groups in total. The first kappa shape index (κ1) is 13.3. The molecule has 0 saturated carbocycles. The number of benzene rings is 1. The van der Waals surface area contributed by atoms with E-state index < -0.39 is 11.4 Å². The number of rotatable bonds is 4. The van der Waals surface area contributed by atoms with E-state index in [1.807, 2.05) is 12.1 Å². The van der Waals surface area contributed by atoms with E-state index in [9.17, 15) is 9.90 Å². The molecule has 0 aliphatic rings. The van der Waals surface area contributed by atoms with Gasteiger partial charge in [-0.3, -0.25) is 4.79 Å².